The number of nitrogens with one attached hydrogen (secondary N) is 1. The maximum absolute atomic E-state index is 12.0. The van der Waals surface area contributed by atoms with Gasteiger partial charge in [0.2, 0.25) is 5.91 Å². The van der Waals surface area contributed by atoms with Crippen molar-refractivity contribution in [3.8, 4) is 0 Å². The lowest BCUT2D eigenvalue weighted by Gasteiger charge is -2.20. The summed E-state index contributed by atoms with van der Waals surface area (Å²) in [7, 11) is 0. The standard InChI is InChI=1S/C15H21N3O2/c1-3-9-18(10-4-2)14(19)11-17-15(20)12-5-7-13(16)8-6-12/h3,5-8H,1,4,9-11,16H2,2H3,(H,17,20). The van der Waals surface area contributed by atoms with Crippen molar-refractivity contribution in [3.05, 3.63) is 42.5 Å². The zero-order chi connectivity index (χ0) is 15.0. The van der Waals surface area contributed by atoms with E-state index in [1.807, 2.05) is 6.92 Å². The molecule has 108 valence electrons. The van der Waals surface area contributed by atoms with Gasteiger partial charge in [0.25, 0.3) is 5.91 Å². The molecule has 0 aliphatic rings. The minimum atomic E-state index is -0.284. The smallest absolute Gasteiger partial charge is 0.251 e. The van der Waals surface area contributed by atoms with Gasteiger partial charge in [0.05, 0.1) is 6.54 Å². The van der Waals surface area contributed by atoms with Crippen molar-refractivity contribution in [1.29, 1.82) is 0 Å². The second-order valence-corrected chi connectivity index (χ2v) is 4.43. The van der Waals surface area contributed by atoms with Gasteiger partial charge < -0.3 is 16.0 Å². The molecule has 0 saturated heterocycles. The average Bonchev–Trinajstić information content (AvgIpc) is 2.45. The molecular weight excluding hydrogens is 254 g/mol. The van der Waals surface area contributed by atoms with Gasteiger partial charge in [0.1, 0.15) is 0 Å². The van der Waals surface area contributed by atoms with E-state index in [4.69, 9.17) is 5.73 Å². The van der Waals surface area contributed by atoms with Crippen molar-refractivity contribution < 1.29 is 9.59 Å². The number of hydrogen-bond donors (Lipinski definition) is 2. The Morgan fingerprint density at radius 3 is 2.55 bits per heavy atom. The molecule has 0 bridgehead atoms. The summed E-state index contributed by atoms with van der Waals surface area (Å²) in [4.78, 5) is 25.5. The summed E-state index contributed by atoms with van der Waals surface area (Å²) in [6.07, 6.45) is 2.54. The van der Waals surface area contributed by atoms with E-state index in [0.29, 0.717) is 24.3 Å². The van der Waals surface area contributed by atoms with Crippen LogP contribution < -0.4 is 11.1 Å². The number of anilines is 1. The number of carbonyl (C=O) groups is 2. The third-order valence-electron chi connectivity index (χ3n) is 2.77. The Kier molecular flexibility index (Phi) is 6.29. The molecule has 3 N–H and O–H groups in total. The van der Waals surface area contributed by atoms with Crippen LogP contribution in [0.2, 0.25) is 0 Å². The molecule has 5 heteroatoms. The van der Waals surface area contributed by atoms with Gasteiger partial charge in [-0.25, -0.2) is 0 Å². The van der Waals surface area contributed by atoms with Gasteiger partial charge in [0.15, 0.2) is 0 Å². The number of nitrogens with two attached hydrogens (primary N) is 1. The van der Waals surface area contributed by atoms with Gasteiger partial charge in [-0.15, -0.1) is 6.58 Å². The number of hydrogen-bond acceptors (Lipinski definition) is 3. The first-order valence-corrected chi connectivity index (χ1v) is 6.61. The molecule has 5 nitrogen and oxygen atoms in total. The van der Waals surface area contributed by atoms with Crippen LogP contribution >= 0.6 is 0 Å². The number of nitrogens with zero attached hydrogens (tertiary/aromatic N) is 1. The van der Waals surface area contributed by atoms with Crippen molar-refractivity contribution in [2.75, 3.05) is 25.4 Å². The fourth-order valence-corrected chi connectivity index (χ4v) is 1.75. The molecular formula is C15H21N3O2. The zero-order valence-electron chi connectivity index (χ0n) is 11.8. The van der Waals surface area contributed by atoms with Crippen LogP contribution in [0.4, 0.5) is 5.69 Å². The minimum absolute atomic E-state index is 0.0168. The lowest BCUT2D eigenvalue weighted by atomic mass is 10.2. The van der Waals surface area contributed by atoms with E-state index in [-0.39, 0.29) is 18.4 Å². The first kappa shape index (κ1) is 15.8. The van der Waals surface area contributed by atoms with E-state index in [1.54, 1.807) is 35.2 Å². The monoisotopic (exact) mass is 275 g/mol. The molecule has 1 rings (SSSR count). The number of carbonyl (C=O) groups excluding carboxylic acids is 2. The highest BCUT2D eigenvalue weighted by Gasteiger charge is 2.13. The summed E-state index contributed by atoms with van der Waals surface area (Å²) < 4.78 is 0. The molecule has 0 aromatic heterocycles. The molecule has 0 fully saturated rings. The zero-order valence-corrected chi connectivity index (χ0v) is 11.8. The van der Waals surface area contributed by atoms with Crippen LogP contribution in [0.1, 0.15) is 23.7 Å². The van der Waals surface area contributed by atoms with E-state index in [0.717, 1.165) is 6.42 Å². The van der Waals surface area contributed by atoms with Gasteiger partial charge in [-0.05, 0) is 30.7 Å². The Morgan fingerprint density at radius 1 is 1.35 bits per heavy atom. The lowest BCUT2D eigenvalue weighted by molar-refractivity contribution is -0.129. The van der Waals surface area contributed by atoms with Crippen LogP contribution in [0.15, 0.2) is 36.9 Å². The van der Waals surface area contributed by atoms with Gasteiger partial charge in [-0.3, -0.25) is 9.59 Å². The summed E-state index contributed by atoms with van der Waals surface area (Å²) in [5, 5.41) is 2.61. The van der Waals surface area contributed by atoms with Crippen molar-refractivity contribution in [2.24, 2.45) is 0 Å². The van der Waals surface area contributed by atoms with E-state index < -0.39 is 0 Å². The Morgan fingerprint density at radius 2 is 2.00 bits per heavy atom. The molecule has 0 heterocycles. The largest absolute Gasteiger partial charge is 0.399 e. The summed E-state index contributed by atoms with van der Waals surface area (Å²) in [6.45, 7) is 6.75. The Labute approximate surface area is 119 Å². The van der Waals surface area contributed by atoms with Gasteiger partial charge in [-0.1, -0.05) is 13.0 Å². The van der Waals surface area contributed by atoms with Gasteiger partial charge >= 0.3 is 0 Å². The van der Waals surface area contributed by atoms with Gasteiger partial charge in [-0.2, -0.15) is 0 Å². The van der Waals surface area contributed by atoms with Crippen LogP contribution in [-0.2, 0) is 4.79 Å². The summed E-state index contributed by atoms with van der Waals surface area (Å²) >= 11 is 0. The Hall–Kier alpha value is -2.30. The van der Waals surface area contributed by atoms with Crippen molar-refractivity contribution in [1.82, 2.24) is 10.2 Å². The summed E-state index contributed by atoms with van der Waals surface area (Å²) in [6, 6.07) is 6.56. The third kappa shape index (κ3) is 4.76. The van der Waals surface area contributed by atoms with Crippen molar-refractivity contribution in [2.45, 2.75) is 13.3 Å². The second kappa shape index (κ2) is 7.99. The Bertz CT molecular complexity index is 469. The fourth-order valence-electron chi connectivity index (χ4n) is 1.75. The Balaban J connectivity index is 2.52. The molecule has 0 unspecified atom stereocenters. The topological polar surface area (TPSA) is 75.4 Å². The van der Waals surface area contributed by atoms with Crippen molar-refractivity contribution >= 4 is 17.5 Å². The highest BCUT2D eigenvalue weighted by molar-refractivity contribution is 5.96. The number of nitrogen functional groups attached to an aromatic ring is 1. The second-order valence-electron chi connectivity index (χ2n) is 4.43. The summed E-state index contributed by atoms with van der Waals surface area (Å²) in [5.74, 6) is -0.399. The highest BCUT2D eigenvalue weighted by Crippen LogP contribution is 2.05. The molecule has 0 atom stereocenters. The van der Waals surface area contributed by atoms with Crippen LogP contribution in [0, 0.1) is 0 Å². The average molecular weight is 275 g/mol. The number of benzene rings is 1. The molecule has 20 heavy (non-hydrogen) atoms. The third-order valence-corrected chi connectivity index (χ3v) is 2.77. The predicted octanol–water partition coefficient (Wildman–Crippen LogP) is 1.42. The first-order valence-electron chi connectivity index (χ1n) is 6.61. The van der Waals surface area contributed by atoms with E-state index in [1.165, 1.54) is 0 Å². The quantitative estimate of drug-likeness (QED) is 0.584. The molecule has 1 aromatic rings. The SMILES string of the molecule is C=CCN(CCC)C(=O)CNC(=O)c1ccc(N)cc1. The normalized spacial score (nSPS) is 9.85. The predicted molar refractivity (Wildman–Crippen MR) is 80.3 cm³/mol. The maximum Gasteiger partial charge on any atom is 0.251 e. The number of rotatable bonds is 7. The minimum Gasteiger partial charge on any atom is -0.399 e. The molecule has 0 saturated carbocycles. The van der Waals surface area contributed by atoms with Crippen molar-refractivity contribution in [3.63, 3.8) is 0 Å². The van der Waals surface area contributed by atoms with Crippen LogP contribution in [0.5, 0.6) is 0 Å². The maximum atomic E-state index is 12.0. The number of amides is 2. The van der Waals surface area contributed by atoms with E-state index in [9.17, 15) is 9.59 Å². The van der Waals surface area contributed by atoms with Crippen LogP contribution in [0.3, 0.4) is 0 Å². The molecule has 0 spiro atoms. The molecule has 1 aromatic carbocycles. The van der Waals surface area contributed by atoms with Crippen LogP contribution in [-0.4, -0.2) is 36.3 Å². The fraction of sp³-hybridized carbons (Fsp3) is 0.333. The molecule has 2 amide bonds. The van der Waals surface area contributed by atoms with Crippen LogP contribution in [0.25, 0.3) is 0 Å². The first-order chi connectivity index (χ1) is 9.58. The van der Waals surface area contributed by atoms with Gasteiger partial charge in [0, 0.05) is 24.3 Å². The summed E-state index contributed by atoms with van der Waals surface area (Å²) in [5.41, 5.74) is 6.63. The lowest BCUT2D eigenvalue weighted by Crippen LogP contribution is -2.40. The molecule has 0 aliphatic carbocycles. The van der Waals surface area contributed by atoms with E-state index >= 15 is 0 Å². The molecule has 0 aliphatic heterocycles. The van der Waals surface area contributed by atoms with E-state index in [2.05, 4.69) is 11.9 Å². The highest BCUT2D eigenvalue weighted by atomic mass is 16.2. The molecule has 0 radical (unpaired) electrons.